The molecule has 0 fully saturated rings. The summed E-state index contributed by atoms with van der Waals surface area (Å²) in [6, 6.07) is 12.4. The van der Waals surface area contributed by atoms with Crippen LogP contribution in [-0.2, 0) is 6.42 Å². The smallest absolute Gasteiger partial charge is 0.191 e. The number of nitrogens with one attached hydrogen (secondary N) is 2. The van der Waals surface area contributed by atoms with E-state index in [2.05, 4.69) is 58.7 Å². The molecule has 0 saturated heterocycles. The predicted molar refractivity (Wildman–Crippen MR) is 102 cm³/mol. The summed E-state index contributed by atoms with van der Waals surface area (Å²) in [5, 5.41) is 7.24. The van der Waals surface area contributed by atoms with Crippen molar-refractivity contribution >= 4 is 17.6 Å². The number of hydrogen-bond acceptors (Lipinski definition) is 2. The largest absolute Gasteiger partial charge is 0.356 e. The first-order valence-corrected chi connectivity index (χ1v) is 8.58. The molecule has 1 heterocycles. The summed E-state index contributed by atoms with van der Waals surface area (Å²) in [6.45, 7) is 5.97. The van der Waals surface area contributed by atoms with E-state index in [1.165, 1.54) is 11.1 Å². The van der Waals surface area contributed by atoms with Crippen LogP contribution in [0.25, 0.3) is 0 Å². The van der Waals surface area contributed by atoms with E-state index in [1.807, 2.05) is 12.1 Å². The third-order valence-corrected chi connectivity index (χ3v) is 4.13. The molecule has 2 aromatic rings. The molecule has 5 heteroatoms. The molecule has 0 aliphatic carbocycles. The molecule has 1 atom stereocenters. The van der Waals surface area contributed by atoms with Crippen molar-refractivity contribution in [1.29, 1.82) is 0 Å². The van der Waals surface area contributed by atoms with E-state index >= 15 is 0 Å². The van der Waals surface area contributed by atoms with Gasteiger partial charge < -0.3 is 10.6 Å². The van der Waals surface area contributed by atoms with Crippen molar-refractivity contribution in [3.8, 4) is 0 Å². The number of hydrogen-bond donors (Lipinski definition) is 2. The highest BCUT2D eigenvalue weighted by Crippen LogP contribution is 2.15. The van der Waals surface area contributed by atoms with Crippen molar-refractivity contribution in [3.05, 3.63) is 64.4 Å². The van der Waals surface area contributed by atoms with Crippen LogP contribution in [0.3, 0.4) is 0 Å². The van der Waals surface area contributed by atoms with Crippen LogP contribution in [0.4, 0.5) is 0 Å². The summed E-state index contributed by atoms with van der Waals surface area (Å²) in [4.78, 5) is 8.36. The van der Waals surface area contributed by atoms with Gasteiger partial charge in [0.1, 0.15) is 5.15 Å². The zero-order valence-electron chi connectivity index (χ0n) is 14.5. The van der Waals surface area contributed by atoms with Gasteiger partial charge in [0.05, 0.1) is 0 Å². The van der Waals surface area contributed by atoms with E-state index in [-0.39, 0.29) is 0 Å². The lowest BCUT2D eigenvalue weighted by molar-refractivity contribution is 0.697. The van der Waals surface area contributed by atoms with Crippen LogP contribution in [0.5, 0.6) is 0 Å². The fourth-order valence-corrected chi connectivity index (χ4v) is 2.56. The number of rotatable bonds is 6. The van der Waals surface area contributed by atoms with Gasteiger partial charge in [-0.25, -0.2) is 4.98 Å². The lowest BCUT2D eigenvalue weighted by atomic mass is 9.99. The molecular formula is C19H25ClN4. The number of aliphatic imine (C=N–C) groups is 1. The Morgan fingerprint density at radius 1 is 1.25 bits per heavy atom. The summed E-state index contributed by atoms with van der Waals surface area (Å²) >= 11 is 5.79. The Kier molecular flexibility index (Phi) is 7.07. The molecule has 24 heavy (non-hydrogen) atoms. The maximum atomic E-state index is 5.79. The molecular weight excluding hydrogens is 320 g/mol. The highest BCUT2D eigenvalue weighted by molar-refractivity contribution is 6.29. The number of halogens is 1. The number of aromatic nitrogens is 1. The average Bonchev–Trinajstić information content (AvgIpc) is 2.59. The van der Waals surface area contributed by atoms with E-state index in [4.69, 9.17) is 11.6 Å². The van der Waals surface area contributed by atoms with Gasteiger partial charge in [-0.2, -0.15) is 0 Å². The fourth-order valence-electron chi connectivity index (χ4n) is 2.44. The molecule has 1 aromatic heterocycles. The van der Waals surface area contributed by atoms with Gasteiger partial charge in [-0.1, -0.05) is 54.4 Å². The number of pyridine rings is 1. The zero-order valence-corrected chi connectivity index (χ0v) is 15.3. The molecule has 0 amide bonds. The minimum atomic E-state index is 0.420. The Bertz CT molecular complexity index is 667. The van der Waals surface area contributed by atoms with E-state index in [1.54, 1.807) is 13.2 Å². The molecule has 0 aliphatic heterocycles. The molecule has 1 aromatic carbocycles. The average molecular weight is 345 g/mol. The zero-order chi connectivity index (χ0) is 17.4. The highest BCUT2D eigenvalue weighted by atomic mass is 35.5. The Morgan fingerprint density at radius 2 is 2.08 bits per heavy atom. The SMILES string of the molecule is CN=C(NCCc1ccc(Cl)nc1)NCC(C)c1cccc(C)c1. The van der Waals surface area contributed by atoms with Crippen LogP contribution in [0.2, 0.25) is 5.15 Å². The first kappa shape index (κ1) is 18.3. The summed E-state index contributed by atoms with van der Waals surface area (Å²) in [6.07, 6.45) is 2.68. The number of guanidine groups is 1. The van der Waals surface area contributed by atoms with Gasteiger partial charge >= 0.3 is 0 Å². The second-order valence-corrected chi connectivity index (χ2v) is 6.32. The van der Waals surface area contributed by atoms with Crippen LogP contribution in [0.1, 0.15) is 29.5 Å². The number of nitrogens with zero attached hydrogens (tertiary/aromatic N) is 2. The van der Waals surface area contributed by atoms with Crippen molar-refractivity contribution in [2.75, 3.05) is 20.1 Å². The van der Waals surface area contributed by atoms with Crippen molar-refractivity contribution in [1.82, 2.24) is 15.6 Å². The van der Waals surface area contributed by atoms with Gasteiger partial charge in [0.25, 0.3) is 0 Å². The van der Waals surface area contributed by atoms with Gasteiger partial charge in [-0.3, -0.25) is 4.99 Å². The Balaban J connectivity index is 1.77. The Morgan fingerprint density at radius 3 is 2.75 bits per heavy atom. The Labute approximate surface area is 149 Å². The summed E-state index contributed by atoms with van der Waals surface area (Å²) in [7, 11) is 1.79. The van der Waals surface area contributed by atoms with Gasteiger partial charge in [0.2, 0.25) is 0 Å². The predicted octanol–water partition coefficient (Wildman–Crippen LogP) is 3.55. The fraction of sp³-hybridized carbons (Fsp3) is 0.368. The first-order valence-electron chi connectivity index (χ1n) is 8.20. The summed E-state index contributed by atoms with van der Waals surface area (Å²) in [5.74, 6) is 1.24. The van der Waals surface area contributed by atoms with E-state index in [0.29, 0.717) is 11.1 Å². The molecule has 0 radical (unpaired) electrons. The van der Waals surface area contributed by atoms with Crippen molar-refractivity contribution in [2.24, 2.45) is 4.99 Å². The molecule has 2 rings (SSSR count). The maximum Gasteiger partial charge on any atom is 0.191 e. The van der Waals surface area contributed by atoms with Gasteiger partial charge in [-0.05, 0) is 36.5 Å². The highest BCUT2D eigenvalue weighted by Gasteiger charge is 2.06. The molecule has 2 N–H and O–H groups in total. The standard InChI is InChI=1S/C19H25ClN4/c1-14-5-4-6-17(11-14)15(2)12-24-19(21-3)22-10-9-16-7-8-18(20)23-13-16/h4-8,11,13,15H,9-10,12H2,1-3H3,(H2,21,22,24). The van der Waals surface area contributed by atoms with Crippen molar-refractivity contribution in [2.45, 2.75) is 26.2 Å². The number of benzene rings is 1. The third-order valence-electron chi connectivity index (χ3n) is 3.91. The van der Waals surface area contributed by atoms with E-state index in [9.17, 15) is 0 Å². The van der Waals surface area contributed by atoms with Gasteiger partial charge in [-0.15, -0.1) is 0 Å². The minimum Gasteiger partial charge on any atom is -0.356 e. The number of aryl methyl sites for hydroxylation is 1. The third kappa shape index (κ3) is 5.85. The lowest BCUT2D eigenvalue weighted by Gasteiger charge is -2.17. The van der Waals surface area contributed by atoms with Crippen LogP contribution in [0, 0.1) is 6.92 Å². The molecule has 0 aliphatic rings. The van der Waals surface area contributed by atoms with Crippen LogP contribution < -0.4 is 10.6 Å². The molecule has 1 unspecified atom stereocenters. The molecule has 4 nitrogen and oxygen atoms in total. The maximum absolute atomic E-state index is 5.79. The minimum absolute atomic E-state index is 0.420. The van der Waals surface area contributed by atoms with E-state index < -0.39 is 0 Å². The van der Waals surface area contributed by atoms with Crippen LogP contribution in [-0.4, -0.2) is 31.1 Å². The molecule has 0 bridgehead atoms. The van der Waals surface area contributed by atoms with Gasteiger partial charge in [0, 0.05) is 26.3 Å². The van der Waals surface area contributed by atoms with Crippen molar-refractivity contribution in [3.63, 3.8) is 0 Å². The normalized spacial score (nSPS) is 12.8. The quantitative estimate of drug-likeness (QED) is 0.478. The molecule has 128 valence electrons. The summed E-state index contributed by atoms with van der Waals surface area (Å²) in [5.41, 5.74) is 3.78. The van der Waals surface area contributed by atoms with E-state index in [0.717, 1.165) is 31.0 Å². The second kappa shape index (κ2) is 9.28. The second-order valence-electron chi connectivity index (χ2n) is 5.93. The van der Waals surface area contributed by atoms with Crippen LogP contribution >= 0.6 is 11.6 Å². The first-order chi connectivity index (χ1) is 11.6. The molecule has 0 saturated carbocycles. The van der Waals surface area contributed by atoms with Gasteiger partial charge in [0.15, 0.2) is 5.96 Å². The van der Waals surface area contributed by atoms with Crippen LogP contribution in [0.15, 0.2) is 47.6 Å². The monoisotopic (exact) mass is 344 g/mol. The lowest BCUT2D eigenvalue weighted by Crippen LogP contribution is -2.39. The summed E-state index contributed by atoms with van der Waals surface area (Å²) < 4.78 is 0. The topological polar surface area (TPSA) is 49.3 Å². The van der Waals surface area contributed by atoms with Crippen molar-refractivity contribution < 1.29 is 0 Å². The molecule has 0 spiro atoms. The Hall–Kier alpha value is -2.07.